The number of aryl methyl sites for hydroxylation is 1. The molecule has 2 aromatic carbocycles. The lowest BCUT2D eigenvalue weighted by Gasteiger charge is -2.26. The normalized spacial score (nSPS) is 14.8. The second-order valence-electron chi connectivity index (χ2n) is 7.21. The van der Waals surface area contributed by atoms with Crippen LogP contribution < -0.4 is 10.1 Å². The number of fused-ring (bicyclic) bond motifs is 1. The fraction of sp³-hybridized carbons (Fsp3) is 0.364. The van der Waals surface area contributed by atoms with Gasteiger partial charge >= 0.3 is 0 Å². The van der Waals surface area contributed by atoms with Crippen LogP contribution in [0.2, 0.25) is 0 Å². The highest BCUT2D eigenvalue weighted by Crippen LogP contribution is 2.28. The first kappa shape index (κ1) is 19.4. The number of amides is 1. The fourth-order valence-corrected chi connectivity index (χ4v) is 3.67. The van der Waals surface area contributed by atoms with Crippen molar-refractivity contribution < 1.29 is 14.3 Å². The third-order valence-electron chi connectivity index (χ3n) is 5.18. The Hall–Kier alpha value is -2.90. The van der Waals surface area contributed by atoms with E-state index in [2.05, 4.69) is 15.3 Å². The van der Waals surface area contributed by atoms with Gasteiger partial charge in [-0.3, -0.25) is 14.4 Å². The van der Waals surface area contributed by atoms with Crippen LogP contribution in [0.5, 0.6) is 5.75 Å². The third-order valence-corrected chi connectivity index (χ3v) is 5.18. The SMILES string of the molecule is COc1cccc2c(C(=O)Nc3cccc(C)c3)nn(CCN3CCOCC3)c12. The standard InChI is InChI=1S/C22H26N4O3/c1-16-5-3-6-17(15-16)23-22(27)20-18-7-4-8-19(28-2)21(18)26(24-20)10-9-25-11-13-29-14-12-25/h3-8,15H,9-14H2,1-2H3,(H,23,27). The van der Waals surface area contributed by atoms with E-state index in [-0.39, 0.29) is 5.91 Å². The number of nitrogens with one attached hydrogen (secondary N) is 1. The molecule has 2 heterocycles. The van der Waals surface area contributed by atoms with Gasteiger partial charge in [0.2, 0.25) is 0 Å². The average Bonchev–Trinajstić information content (AvgIpc) is 3.12. The number of carbonyl (C=O) groups excluding carboxylic acids is 1. The van der Waals surface area contributed by atoms with Crippen LogP contribution >= 0.6 is 0 Å². The molecule has 0 spiro atoms. The van der Waals surface area contributed by atoms with Crippen LogP contribution in [0.4, 0.5) is 5.69 Å². The number of ether oxygens (including phenoxy) is 2. The molecule has 0 saturated carbocycles. The minimum atomic E-state index is -0.223. The van der Waals surface area contributed by atoms with Crippen molar-refractivity contribution in [3.05, 3.63) is 53.7 Å². The highest BCUT2D eigenvalue weighted by Gasteiger charge is 2.21. The topological polar surface area (TPSA) is 68.6 Å². The van der Waals surface area contributed by atoms with Crippen molar-refractivity contribution in [2.75, 3.05) is 45.3 Å². The molecule has 1 fully saturated rings. The van der Waals surface area contributed by atoms with Crippen molar-refractivity contribution in [2.24, 2.45) is 0 Å². The van der Waals surface area contributed by atoms with Gasteiger partial charge in [-0.2, -0.15) is 5.10 Å². The van der Waals surface area contributed by atoms with Crippen LogP contribution in [0.15, 0.2) is 42.5 Å². The van der Waals surface area contributed by atoms with Gasteiger partial charge in [0, 0.05) is 30.7 Å². The molecule has 29 heavy (non-hydrogen) atoms. The minimum absolute atomic E-state index is 0.223. The maximum absolute atomic E-state index is 13.0. The van der Waals surface area contributed by atoms with Gasteiger partial charge in [-0.1, -0.05) is 24.3 Å². The van der Waals surface area contributed by atoms with E-state index < -0.39 is 0 Å². The molecule has 7 heteroatoms. The summed E-state index contributed by atoms with van der Waals surface area (Å²) in [6.07, 6.45) is 0. The Morgan fingerprint density at radius 3 is 2.72 bits per heavy atom. The van der Waals surface area contributed by atoms with Crippen LogP contribution in [-0.4, -0.2) is 60.5 Å². The van der Waals surface area contributed by atoms with Gasteiger partial charge in [-0.05, 0) is 30.7 Å². The number of morpholine rings is 1. The first-order chi connectivity index (χ1) is 14.2. The Morgan fingerprint density at radius 2 is 1.97 bits per heavy atom. The van der Waals surface area contributed by atoms with Crippen molar-refractivity contribution in [3.63, 3.8) is 0 Å². The van der Waals surface area contributed by atoms with Crippen LogP contribution in [0.25, 0.3) is 10.9 Å². The predicted octanol–water partition coefficient (Wildman–Crippen LogP) is 2.94. The molecule has 1 amide bonds. The van der Waals surface area contributed by atoms with Crippen molar-refractivity contribution in [2.45, 2.75) is 13.5 Å². The summed E-state index contributed by atoms with van der Waals surface area (Å²) in [6.45, 7) is 6.86. The summed E-state index contributed by atoms with van der Waals surface area (Å²) in [4.78, 5) is 15.3. The van der Waals surface area contributed by atoms with E-state index in [0.29, 0.717) is 18.0 Å². The minimum Gasteiger partial charge on any atom is -0.494 e. The van der Waals surface area contributed by atoms with Crippen molar-refractivity contribution in [1.29, 1.82) is 0 Å². The third kappa shape index (κ3) is 4.26. The molecule has 1 saturated heterocycles. The predicted molar refractivity (Wildman–Crippen MR) is 113 cm³/mol. The van der Waals surface area contributed by atoms with Gasteiger partial charge in [0.15, 0.2) is 5.69 Å². The Balaban J connectivity index is 1.64. The number of hydrogen-bond acceptors (Lipinski definition) is 5. The van der Waals surface area contributed by atoms with E-state index in [0.717, 1.165) is 55.0 Å². The second-order valence-corrected chi connectivity index (χ2v) is 7.21. The number of rotatable bonds is 6. The summed E-state index contributed by atoms with van der Waals surface area (Å²) in [5.41, 5.74) is 3.10. The van der Waals surface area contributed by atoms with E-state index >= 15 is 0 Å². The number of benzene rings is 2. The van der Waals surface area contributed by atoms with Gasteiger partial charge < -0.3 is 14.8 Å². The highest BCUT2D eigenvalue weighted by atomic mass is 16.5. The molecule has 0 aliphatic carbocycles. The summed E-state index contributed by atoms with van der Waals surface area (Å²) < 4.78 is 12.9. The maximum atomic E-state index is 13.0. The smallest absolute Gasteiger partial charge is 0.276 e. The summed E-state index contributed by atoms with van der Waals surface area (Å²) in [5, 5.41) is 8.42. The molecular formula is C22H26N4O3. The highest BCUT2D eigenvalue weighted by molar-refractivity contribution is 6.12. The van der Waals surface area contributed by atoms with Crippen molar-refractivity contribution >= 4 is 22.5 Å². The van der Waals surface area contributed by atoms with E-state index in [9.17, 15) is 4.79 Å². The van der Waals surface area contributed by atoms with E-state index in [1.54, 1.807) is 7.11 Å². The number of aromatic nitrogens is 2. The Kier molecular flexibility index (Phi) is 5.78. The van der Waals surface area contributed by atoms with Crippen molar-refractivity contribution in [1.82, 2.24) is 14.7 Å². The molecule has 152 valence electrons. The van der Waals surface area contributed by atoms with Gasteiger partial charge in [0.1, 0.15) is 11.3 Å². The van der Waals surface area contributed by atoms with E-state index in [1.807, 2.05) is 54.1 Å². The van der Waals surface area contributed by atoms with Crippen LogP contribution in [-0.2, 0) is 11.3 Å². The Bertz CT molecular complexity index is 1010. The average molecular weight is 394 g/mol. The lowest BCUT2D eigenvalue weighted by Crippen LogP contribution is -2.38. The summed E-state index contributed by atoms with van der Waals surface area (Å²) in [7, 11) is 1.64. The summed E-state index contributed by atoms with van der Waals surface area (Å²) in [5.74, 6) is 0.491. The first-order valence-electron chi connectivity index (χ1n) is 9.87. The Morgan fingerprint density at radius 1 is 1.17 bits per heavy atom. The lowest BCUT2D eigenvalue weighted by atomic mass is 10.1. The van der Waals surface area contributed by atoms with Crippen LogP contribution in [0, 0.1) is 6.92 Å². The zero-order valence-electron chi connectivity index (χ0n) is 16.9. The molecule has 1 aliphatic heterocycles. The number of anilines is 1. The number of hydrogen-bond donors (Lipinski definition) is 1. The molecular weight excluding hydrogens is 368 g/mol. The molecule has 1 N–H and O–H groups in total. The molecule has 0 bridgehead atoms. The maximum Gasteiger partial charge on any atom is 0.276 e. The molecule has 4 rings (SSSR count). The number of methoxy groups -OCH3 is 1. The fourth-order valence-electron chi connectivity index (χ4n) is 3.67. The summed E-state index contributed by atoms with van der Waals surface area (Å²) >= 11 is 0. The molecule has 1 aliphatic rings. The monoisotopic (exact) mass is 394 g/mol. The number of carbonyl (C=O) groups is 1. The van der Waals surface area contributed by atoms with E-state index in [4.69, 9.17) is 9.47 Å². The van der Waals surface area contributed by atoms with Gasteiger partial charge in [-0.15, -0.1) is 0 Å². The quantitative estimate of drug-likeness (QED) is 0.696. The molecule has 1 aromatic heterocycles. The molecule has 0 unspecified atom stereocenters. The van der Waals surface area contributed by atoms with Gasteiger partial charge in [-0.25, -0.2) is 0 Å². The zero-order valence-corrected chi connectivity index (χ0v) is 16.9. The molecule has 7 nitrogen and oxygen atoms in total. The van der Waals surface area contributed by atoms with Crippen molar-refractivity contribution in [3.8, 4) is 5.75 Å². The zero-order chi connectivity index (χ0) is 20.2. The van der Waals surface area contributed by atoms with Gasteiger partial charge in [0.25, 0.3) is 5.91 Å². The molecule has 0 atom stereocenters. The van der Waals surface area contributed by atoms with Crippen LogP contribution in [0.1, 0.15) is 16.1 Å². The van der Waals surface area contributed by atoms with E-state index in [1.165, 1.54) is 0 Å². The molecule has 3 aromatic rings. The number of para-hydroxylation sites is 1. The largest absolute Gasteiger partial charge is 0.494 e. The van der Waals surface area contributed by atoms with Crippen LogP contribution in [0.3, 0.4) is 0 Å². The second kappa shape index (κ2) is 8.63. The Labute approximate surface area is 170 Å². The first-order valence-corrected chi connectivity index (χ1v) is 9.87. The number of nitrogens with zero attached hydrogens (tertiary/aromatic N) is 3. The van der Waals surface area contributed by atoms with Gasteiger partial charge in [0.05, 0.1) is 26.9 Å². The molecule has 0 radical (unpaired) electrons. The lowest BCUT2D eigenvalue weighted by molar-refractivity contribution is 0.0361. The summed E-state index contributed by atoms with van der Waals surface area (Å²) in [6, 6.07) is 13.4.